The topological polar surface area (TPSA) is 119 Å². The van der Waals surface area contributed by atoms with Crippen LogP contribution < -0.4 is 9.47 Å². The molecule has 0 saturated heterocycles. The summed E-state index contributed by atoms with van der Waals surface area (Å²) in [6.07, 6.45) is 1.92. The highest BCUT2D eigenvalue weighted by atomic mass is 79.9. The van der Waals surface area contributed by atoms with Gasteiger partial charge in [-0.15, -0.1) is 0 Å². The molecule has 2 fully saturated rings. The summed E-state index contributed by atoms with van der Waals surface area (Å²) in [5, 5.41) is 19.1. The van der Waals surface area contributed by atoms with Gasteiger partial charge in [-0.25, -0.2) is 0 Å². The lowest BCUT2D eigenvalue weighted by Gasteiger charge is -2.13. The summed E-state index contributed by atoms with van der Waals surface area (Å²) in [4.78, 5) is 25.3. The van der Waals surface area contributed by atoms with Gasteiger partial charge < -0.3 is 18.9 Å². The van der Waals surface area contributed by atoms with Crippen molar-refractivity contribution >= 4 is 75.7 Å². The summed E-state index contributed by atoms with van der Waals surface area (Å²) >= 11 is 13.4. The predicted octanol–water partition coefficient (Wildman–Crippen LogP) is 13.0. The molecule has 0 unspecified atom stereocenters. The lowest BCUT2D eigenvalue weighted by molar-refractivity contribution is -0.150. The maximum atomic E-state index is 12.7. The van der Waals surface area contributed by atoms with Crippen molar-refractivity contribution in [3.63, 3.8) is 0 Å². The molecule has 6 rings (SSSR count). The predicted molar refractivity (Wildman–Crippen MR) is 228 cm³/mol. The maximum Gasteiger partial charge on any atom is 0.311 e. The molecule has 2 aliphatic rings. The molecule has 4 aromatic carbocycles. The van der Waals surface area contributed by atoms with Crippen molar-refractivity contribution in [2.24, 2.45) is 34.5 Å². The minimum absolute atomic E-state index is 0.0563. The Kier molecular flexibility index (Phi) is 14.4. The van der Waals surface area contributed by atoms with Gasteiger partial charge in [0, 0.05) is 11.1 Å². The molecule has 0 aliphatic heterocycles. The zero-order valence-electron chi connectivity index (χ0n) is 30.9. The van der Waals surface area contributed by atoms with E-state index in [0.717, 1.165) is 6.78 Å². The fourth-order valence-corrected chi connectivity index (χ4v) is 7.74. The number of nitrogens with zero attached hydrogens (tertiary/aromatic N) is 2. The van der Waals surface area contributed by atoms with Crippen LogP contribution in [0.5, 0.6) is 23.0 Å². The van der Waals surface area contributed by atoms with Crippen molar-refractivity contribution in [1.82, 2.24) is 0 Å². The monoisotopic (exact) mass is 1010 g/mol. The molecule has 0 aromatic heterocycles. The average Bonchev–Trinajstić information content (AvgIpc) is 3.93. The summed E-state index contributed by atoms with van der Waals surface area (Å²) in [5.41, 5.74) is 0.748. The van der Waals surface area contributed by atoms with E-state index in [9.17, 15) is 20.1 Å². The Labute approximate surface area is 361 Å². The summed E-state index contributed by atoms with van der Waals surface area (Å²) < 4.78 is 24.3. The summed E-state index contributed by atoms with van der Waals surface area (Å²) in [6, 6.07) is 37.0. The maximum absolute atomic E-state index is 12.7. The minimum atomic E-state index is -0.986. The highest BCUT2D eigenvalue weighted by Crippen LogP contribution is 2.61. The number of ether oxygens (including phenoxy) is 4. The highest BCUT2D eigenvalue weighted by molar-refractivity contribution is 9.28. The largest absolute Gasteiger partial charge is 0.457 e. The SMILES string of the molecule is CC1(C)[C@H](C(=O)O[C@H](C#N)c2cccc(Oc3ccccc3)c2)[C@@H]1C=C(Br)Br.CC1(C)[C@H](C(=O)O[C@H](C#N)c2cccc(Oc3ccccc3)c2)[C@@H]1C=C(Br)Br. The lowest BCUT2D eigenvalue weighted by atomic mass is 10.1. The number of carbonyl (C=O) groups is 2. The van der Waals surface area contributed by atoms with E-state index >= 15 is 0 Å². The Morgan fingerprint density at radius 1 is 0.571 bits per heavy atom. The summed E-state index contributed by atoms with van der Waals surface area (Å²) in [5.74, 6) is 1.37. The van der Waals surface area contributed by atoms with Gasteiger partial charge in [0.15, 0.2) is 0 Å². The van der Waals surface area contributed by atoms with Crippen LogP contribution >= 0.6 is 63.7 Å². The van der Waals surface area contributed by atoms with Crippen LogP contribution in [-0.4, -0.2) is 11.9 Å². The van der Waals surface area contributed by atoms with E-state index in [2.05, 4.69) is 75.9 Å². The van der Waals surface area contributed by atoms with Crippen LogP contribution in [0.25, 0.3) is 0 Å². The van der Waals surface area contributed by atoms with Crippen LogP contribution in [0.15, 0.2) is 128 Å². The number of para-hydroxylation sites is 2. The second kappa shape index (κ2) is 18.8. The van der Waals surface area contributed by atoms with Gasteiger partial charge in [-0.2, -0.15) is 10.5 Å². The molecule has 0 heterocycles. The Morgan fingerprint density at radius 2 is 0.911 bits per heavy atom. The Hall–Kier alpha value is -4.20. The minimum Gasteiger partial charge on any atom is -0.457 e. The van der Waals surface area contributed by atoms with Crippen LogP contribution in [0.3, 0.4) is 0 Å². The van der Waals surface area contributed by atoms with Crippen molar-refractivity contribution in [3.8, 4) is 35.1 Å². The van der Waals surface area contributed by atoms with Gasteiger partial charge in [0.25, 0.3) is 0 Å². The normalized spacial score (nSPS) is 20.4. The molecule has 0 radical (unpaired) electrons. The molecular weight excluding hydrogens is 972 g/mol. The first-order chi connectivity index (χ1) is 26.6. The Bertz CT molecular complexity index is 2020. The van der Waals surface area contributed by atoms with Gasteiger partial charge >= 0.3 is 11.9 Å². The Balaban J connectivity index is 0.000000214. The highest BCUT2D eigenvalue weighted by Gasteiger charge is 2.62. The van der Waals surface area contributed by atoms with Crippen LogP contribution in [0.2, 0.25) is 0 Å². The second-order valence-electron chi connectivity index (χ2n) is 14.4. The van der Waals surface area contributed by atoms with E-state index < -0.39 is 12.2 Å². The van der Waals surface area contributed by atoms with Gasteiger partial charge in [0.2, 0.25) is 12.2 Å². The van der Waals surface area contributed by atoms with Crippen LogP contribution in [0, 0.1) is 57.2 Å². The number of nitriles is 2. The molecule has 6 atom stereocenters. The van der Waals surface area contributed by atoms with Crippen molar-refractivity contribution < 1.29 is 28.5 Å². The van der Waals surface area contributed by atoms with Crippen LogP contribution in [0.1, 0.15) is 51.0 Å². The molecular formula is C44H38Br4N2O6. The van der Waals surface area contributed by atoms with Gasteiger partial charge in [0.1, 0.15) is 35.1 Å². The third kappa shape index (κ3) is 11.0. The fraction of sp³-hybridized carbons (Fsp3) is 0.273. The standard InChI is InChI=1S/2C22H19Br2NO3/c2*1-22(2)17(12-19(23)24)20(22)21(26)28-18(13-25)14-7-6-10-16(11-14)27-15-8-4-3-5-9-15/h2*3-12,17-18,20H,1-2H3/t2*17-,18+,20-/m00/s1. The number of rotatable bonds is 12. The number of esters is 2. The number of carbonyl (C=O) groups excluding carboxylic acids is 2. The van der Waals surface area contributed by atoms with Gasteiger partial charge in [-0.1, -0.05) is 101 Å². The van der Waals surface area contributed by atoms with Gasteiger partial charge in [-0.05, 0) is 135 Å². The number of allylic oxidation sites excluding steroid dienone is 2. The van der Waals surface area contributed by atoms with Crippen molar-refractivity contribution in [2.75, 3.05) is 0 Å². The van der Waals surface area contributed by atoms with Gasteiger partial charge in [-0.3, -0.25) is 9.59 Å². The number of hydrogen-bond donors (Lipinski definition) is 0. The molecule has 0 N–H and O–H groups in total. The van der Waals surface area contributed by atoms with E-state index in [4.69, 9.17) is 18.9 Å². The van der Waals surface area contributed by atoms with Crippen molar-refractivity contribution in [3.05, 3.63) is 139 Å². The van der Waals surface area contributed by atoms with E-state index in [1.807, 2.05) is 101 Å². The smallest absolute Gasteiger partial charge is 0.311 e. The lowest BCUT2D eigenvalue weighted by Crippen LogP contribution is -2.14. The zero-order chi connectivity index (χ0) is 40.6. The zero-order valence-corrected chi connectivity index (χ0v) is 37.2. The third-order valence-electron chi connectivity index (χ3n) is 9.92. The first-order valence-corrected chi connectivity index (χ1v) is 20.7. The Morgan fingerprint density at radius 3 is 1.23 bits per heavy atom. The molecule has 12 heteroatoms. The molecule has 2 saturated carbocycles. The molecule has 288 valence electrons. The molecule has 8 nitrogen and oxygen atoms in total. The molecule has 0 bridgehead atoms. The van der Waals surface area contributed by atoms with Crippen LogP contribution in [0.4, 0.5) is 0 Å². The van der Waals surface area contributed by atoms with E-state index in [1.165, 1.54) is 0 Å². The van der Waals surface area contributed by atoms with Crippen molar-refractivity contribution in [2.45, 2.75) is 39.9 Å². The van der Waals surface area contributed by atoms with E-state index in [-0.39, 0.29) is 46.4 Å². The van der Waals surface area contributed by atoms with Crippen molar-refractivity contribution in [1.29, 1.82) is 10.5 Å². The van der Waals surface area contributed by atoms with Gasteiger partial charge in [0.05, 0.1) is 18.6 Å². The molecule has 56 heavy (non-hydrogen) atoms. The van der Waals surface area contributed by atoms with E-state index in [1.54, 1.807) is 48.5 Å². The second-order valence-corrected chi connectivity index (χ2v) is 20.0. The molecule has 2 aliphatic carbocycles. The number of benzene rings is 4. The number of halogens is 4. The summed E-state index contributed by atoms with van der Waals surface area (Å²) in [7, 11) is 0. The van der Waals surface area contributed by atoms with E-state index in [0.29, 0.717) is 34.1 Å². The molecule has 4 aromatic rings. The number of hydrogen-bond acceptors (Lipinski definition) is 8. The third-order valence-corrected chi connectivity index (χ3v) is 11.0. The first-order valence-electron chi connectivity index (χ1n) is 17.6. The first kappa shape index (κ1) is 42.9. The molecule has 0 spiro atoms. The van der Waals surface area contributed by atoms with Crippen LogP contribution in [-0.2, 0) is 19.1 Å². The quantitative estimate of drug-likeness (QED) is 0.129. The fourth-order valence-electron chi connectivity index (χ4n) is 6.60. The molecule has 0 amide bonds. The average molecular weight is 1010 g/mol. The summed E-state index contributed by atoms with van der Waals surface area (Å²) in [6.45, 7) is 8.05.